The van der Waals surface area contributed by atoms with Gasteiger partial charge in [-0.15, -0.1) is 0 Å². The lowest BCUT2D eigenvalue weighted by Gasteiger charge is -2.37. The fraction of sp³-hybridized carbons (Fsp3) is 0.300. The fourth-order valence-electron chi connectivity index (χ4n) is 3.08. The molecule has 1 saturated heterocycles. The lowest BCUT2D eigenvalue weighted by Crippen LogP contribution is -2.52. The predicted octanol–water partition coefficient (Wildman–Crippen LogP) is 4.22. The highest BCUT2D eigenvalue weighted by atomic mass is 35.5. The molecular weight excluding hydrogens is 458 g/mol. The average molecular weight is 476 g/mol. The second kappa shape index (κ2) is 9.65. The maximum Gasteiger partial charge on any atom is 0.471 e. The number of alkyl halides is 3. The molecule has 0 radical (unpaired) electrons. The van der Waals surface area contributed by atoms with Crippen molar-refractivity contribution in [1.29, 1.82) is 0 Å². The number of carbonyl (C=O) groups is 2. The van der Waals surface area contributed by atoms with Gasteiger partial charge in [0.25, 0.3) is 5.91 Å². The van der Waals surface area contributed by atoms with E-state index in [1.807, 2.05) is 0 Å². The number of ether oxygens (including phenoxy) is 1. The predicted molar refractivity (Wildman–Crippen MR) is 112 cm³/mol. The van der Waals surface area contributed by atoms with Crippen LogP contribution in [-0.4, -0.2) is 55.7 Å². The Morgan fingerprint density at radius 1 is 0.968 bits per heavy atom. The second-order valence-electron chi connectivity index (χ2n) is 6.73. The zero-order valence-electron chi connectivity index (χ0n) is 16.1. The van der Waals surface area contributed by atoms with Crippen LogP contribution >= 0.6 is 23.2 Å². The maximum atomic E-state index is 12.6. The molecule has 1 N–H and O–H groups in total. The summed E-state index contributed by atoms with van der Waals surface area (Å²) < 4.78 is 43.3. The topological polar surface area (TPSA) is 61.9 Å². The van der Waals surface area contributed by atoms with Crippen LogP contribution in [0.2, 0.25) is 10.0 Å². The van der Waals surface area contributed by atoms with E-state index in [9.17, 15) is 22.8 Å². The van der Waals surface area contributed by atoms with Gasteiger partial charge in [0.15, 0.2) is 6.61 Å². The summed E-state index contributed by atoms with van der Waals surface area (Å²) in [6, 6.07) is 11.3. The minimum atomic E-state index is -4.90. The fourth-order valence-corrected chi connectivity index (χ4v) is 3.38. The molecule has 11 heteroatoms. The number of hydrogen-bond donors (Lipinski definition) is 1. The van der Waals surface area contributed by atoms with Crippen molar-refractivity contribution in [3.8, 4) is 5.75 Å². The van der Waals surface area contributed by atoms with Gasteiger partial charge in [-0.05, 0) is 42.5 Å². The highest BCUT2D eigenvalue weighted by Gasteiger charge is 2.43. The van der Waals surface area contributed by atoms with Gasteiger partial charge in [0, 0.05) is 36.2 Å². The van der Waals surface area contributed by atoms with E-state index >= 15 is 0 Å². The van der Waals surface area contributed by atoms with Crippen molar-refractivity contribution in [2.24, 2.45) is 0 Å². The number of carbonyl (C=O) groups excluding carboxylic acids is 2. The van der Waals surface area contributed by atoms with Crippen molar-refractivity contribution in [2.75, 3.05) is 43.0 Å². The van der Waals surface area contributed by atoms with Crippen LogP contribution in [0.5, 0.6) is 5.75 Å². The second-order valence-corrected chi connectivity index (χ2v) is 7.60. The van der Waals surface area contributed by atoms with Gasteiger partial charge in [-0.25, -0.2) is 0 Å². The normalized spacial score (nSPS) is 14.4. The van der Waals surface area contributed by atoms with Crippen molar-refractivity contribution in [1.82, 2.24) is 4.90 Å². The van der Waals surface area contributed by atoms with Gasteiger partial charge in [-0.1, -0.05) is 23.2 Å². The number of nitrogens with one attached hydrogen (secondary N) is 1. The third-order valence-electron chi connectivity index (χ3n) is 4.57. The molecule has 1 fully saturated rings. The number of rotatable bonds is 5. The van der Waals surface area contributed by atoms with Crippen LogP contribution in [0.3, 0.4) is 0 Å². The highest BCUT2D eigenvalue weighted by Crippen LogP contribution is 2.31. The molecule has 166 valence electrons. The Labute approximate surface area is 186 Å². The first-order chi connectivity index (χ1) is 14.6. The highest BCUT2D eigenvalue weighted by molar-refractivity contribution is 6.31. The van der Waals surface area contributed by atoms with E-state index in [0.29, 0.717) is 27.2 Å². The number of piperazine rings is 1. The Bertz CT molecular complexity index is 947. The quantitative estimate of drug-likeness (QED) is 0.702. The van der Waals surface area contributed by atoms with Crippen molar-refractivity contribution in [3.05, 3.63) is 52.5 Å². The number of benzene rings is 2. The van der Waals surface area contributed by atoms with Crippen molar-refractivity contribution >= 4 is 46.4 Å². The van der Waals surface area contributed by atoms with Gasteiger partial charge < -0.3 is 19.9 Å². The zero-order chi connectivity index (χ0) is 22.6. The molecule has 1 aliphatic rings. The molecule has 3 rings (SSSR count). The van der Waals surface area contributed by atoms with E-state index in [4.69, 9.17) is 27.9 Å². The number of hydrogen-bond acceptors (Lipinski definition) is 4. The largest absolute Gasteiger partial charge is 0.484 e. The summed E-state index contributed by atoms with van der Waals surface area (Å²) in [7, 11) is 0. The minimum Gasteiger partial charge on any atom is -0.484 e. The molecule has 0 saturated carbocycles. The van der Waals surface area contributed by atoms with Gasteiger partial charge in [0.2, 0.25) is 0 Å². The molecule has 6 nitrogen and oxygen atoms in total. The Kier molecular flexibility index (Phi) is 7.17. The summed E-state index contributed by atoms with van der Waals surface area (Å²) in [5.41, 5.74) is 0.983. The molecular formula is C20H18Cl2F3N3O3. The van der Waals surface area contributed by atoms with Crippen LogP contribution in [0.1, 0.15) is 0 Å². The third kappa shape index (κ3) is 6.18. The molecule has 2 amide bonds. The number of halogens is 5. The summed E-state index contributed by atoms with van der Waals surface area (Å²) in [5, 5.41) is 3.63. The molecule has 0 unspecified atom stereocenters. The Hall–Kier alpha value is -2.65. The third-order valence-corrected chi connectivity index (χ3v) is 5.05. The minimum absolute atomic E-state index is 0.0893. The van der Waals surface area contributed by atoms with Gasteiger partial charge >= 0.3 is 12.1 Å². The molecule has 31 heavy (non-hydrogen) atoms. The van der Waals surface area contributed by atoms with Gasteiger partial charge in [-0.3, -0.25) is 9.59 Å². The molecule has 2 aromatic carbocycles. The molecule has 0 aromatic heterocycles. The number of amides is 2. The van der Waals surface area contributed by atoms with E-state index in [1.54, 1.807) is 47.4 Å². The first-order valence-corrected chi connectivity index (χ1v) is 9.98. The standard InChI is InChI=1S/C20H18Cl2F3N3O3/c21-13-1-4-15(5-2-13)31-12-18(29)26-16-11-14(22)3-6-17(16)27-7-9-28(10-8-27)19(30)20(23,24)25/h1-6,11H,7-10,12H2,(H,26,29). The van der Waals surface area contributed by atoms with E-state index in [2.05, 4.69) is 5.32 Å². The van der Waals surface area contributed by atoms with Gasteiger partial charge in [0.1, 0.15) is 5.75 Å². The molecule has 0 atom stereocenters. The van der Waals surface area contributed by atoms with Crippen molar-refractivity contribution < 1.29 is 27.5 Å². The van der Waals surface area contributed by atoms with E-state index in [-0.39, 0.29) is 32.8 Å². The Balaban J connectivity index is 1.63. The van der Waals surface area contributed by atoms with Crippen molar-refractivity contribution in [2.45, 2.75) is 6.18 Å². The first kappa shape index (κ1) is 23.0. The summed E-state index contributed by atoms with van der Waals surface area (Å²) in [4.78, 5) is 26.3. The molecule has 0 aliphatic carbocycles. The maximum absolute atomic E-state index is 12.6. The van der Waals surface area contributed by atoms with Gasteiger partial charge in [0.05, 0.1) is 11.4 Å². The number of anilines is 2. The average Bonchev–Trinajstić information content (AvgIpc) is 2.72. The van der Waals surface area contributed by atoms with Crippen LogP contribution in [0.4, 0.5) is 24.5 Å². The molecule has 0 bridgehead atoms. The van der Waals surface area contributed by atoms with Crippen LogP contribution in [0, 0.1) is 0 Å². The SMILES string of the molecule is O=C(COc1ccc(Cl)cc1)Nc1cc(Cl)ccc1N1CCN(C(=O)C(F)(F)F)CC1. The lowest BCUT2D eigenvalue weighted by molar-refractivity contribution is -0.185. The smallest absolute Gasteiger partial charge is 0.471 e. The van der Waals surface area contributed by atoms with Crippen LogP contribution in [0.15, 0.2) is 42.5 Å². The summed E-state index contributed by atoms with van der Waals surface area (Å²) >= 11 is 11.9. The molecule has 2 aromatic rings. The summed E-state index contributed by atoms with van der Waals surface area (Å²) in [6.07, 6.45) is -4.90. The first-order valence-electron chi connectivity index (χ1n) is 9.22. The van der Waals surface area contributed by atoms with E-state index in [1.165, 1.54) is 0 Å². The van der Waals surface area contributed by atoms with Crippen LogP contribution in [-0.2, 0) is 9.59 Å². The zero-order valence-corrected chi connectivity index (χ0v) is 17.6. The number of nitrogens with zero attached hydrogens (tertiary/aromatic N) is 2. The Morgan fingerprint density at radius 3 is 2.19 bits per heavy atom. The lowest BCUT2D eigenvalue weighted by atomic mass is 10.2. The Morgan fingerprint density at radius 2 is 1.58 bits per heavy atom. The van der Waals surface area contributed by atoms with Gasteiger partial charge in [-0.2, -0.15) is 13.2 Å². The van der Waals surface area contributed by atoms with E-state index < -0.39 is 18.0 Å². The van der Waals surface area contributed by atoms with Crippen LogP contribution < -0.4 is 15.0 Å². The summed E-state index contributed by atoms with van der Waals surface area (Å²) in [6.45, 7) is -0.0925. The molecule has 0 spiro atoms. The van der Waals surface area contributed by atoms with Crippen LogP contribution in [0.25, 0.3) is 0 Å². The summed E-state index contributed by atoms with van der Waals surface area (Å²) in [5.74, 6) is -1.82. The molecule has 1 heterocycles. The van der Waals surface area contributed by atoms with Crippen molar-refractivity contribution in [3.63, 3.8) is 0 Å². The van der Waals surface area contributed by atoms with E-state index in [0.717, 1.165) is 4.90 Å². The molecule has 1 aliphatic heterocycles. The monoisotopic (exact) mass is 475 g/mol.